The number of carbonyl (C=O) groups is 1. The molecule has 8 nitrogen and oxygen atoms in total. The lowest BCUT2D eigenvalue weighted by molar-refractivity contribution is 0.168. The molecule has 5 rings (SSSR count). The van der Waals surface area contributed by atoms with E-state index in [9.17, 15) is 9.59 Å². The number of methoxy groups -OCH3 is 1. The first-order valence-corrected chi connectivity index (χ1v) is 12.1. The summed E-state index contributed by atoms with van der Waals surface area (Å²) in [5, 5.41) is 3.52. The number of aromatic nitrogens is 3. The summed E-state index contributed by atoms with van der Waals surface area (Å²) in [6.45, 7) is 1.97. The molecule has 36 heavy (non-hydrogen) atoms. The molecule has 0 aliphatic heterocycles. The molecular weight excluding hydrogens is 476 g/mol. The van der Waals surface area contributed by atoms with Crippen molar-refractivity contribution in [3.05, 3.63) is 89.2 Å². The molecule has 1 N–H and O–H groups in total. The summed E-state index contributed by atoms with van der Waals surface area (Å²) in [6, 6.07) is 24.0. The largest absolute Gasteiger partial charge is 0.497 e. The van der Waals surface area contributed by atoms with Crippen LogP contribution in [0.5, 0.6) is 5.75 Å². The van der Waals surface area contributed by atoms with E-state index in [1.54, 1.807) is 55.0 Å². The van der Waals surface area contributed by atoms with Gasteiger partial charge in [-0.25, -0.2) is 14.8 Å². The van der Waals surface area contributed by atoms with Gasteiger partial charge in [0.1, 0.15) is 10.6 Å². The van der Waals surface area contributed by atoms with E-state index >= 15 is 0 Å². The lowest BCUT2D eigenvalue weighted by Crippen LogP contribution is -2.21. The highest BCUT2D eigenvalue weighted by molar-refractivity contribution is 7.19. The zero-order valence-electron chi connectivity index (χ0n) is 19.6. The quantitative estimate of drug-likeness (QED) is 0.320. The summed E-state index contributed by atoms with van der Waals surface area (Å²) in [6.07, 6.45) is -0.601. The molecule has 1 amide bonds. The van der Waals surface area contributed by atoms with Crippen molar-refractivity contribution in [3.63, 3.8) is 0 Å². The van der Waals surface area contributed by atoms with Gasteiger partial charge in [-0.3, -0.25) is 14.7 Å². The van der Waals surface area contributed by atoms with Crippen LogP contribution in [0, 0.1) is 0 Å². The van der Waals surface area contributed by atoms with Gasteiger partial charge in [0.05, 0.1) is 36.0 Å². The van der Waals surface area contributed by atoms with Crippen molar-refractivity contribution < 1.29 is 14.3 Å². The summed E-state index contributed by atoms with van der Waals surface area (Å²) in [4.78, 5) is 36.1. The Balaban J connectivity index is 1.79. The van der Waals surface area contributed by atoms with Crippen LogP contribution >= 0.6 is 11.3 Å². The predicted octanol–water partition coefficient (Wildman–Crippen LogP) is 5.75. The smallest absolute Gasteiger partial charge is 0.413 e. The molecule has 0 aliphatic carbocycles. The second-order valence-corrected chi connectivity index (χ2v) is 8.70. The van der Waals surface area contributed by atoms with Crippen molar-refractivity contribution in [3.8, 4) is 33.4 Å². The van der Waals surface area contributed by atoms with E-state index in [0.29, 0.717) is 43.9 Å². The number of hydrogen-bond donors (Lipinski definition) is 1. The molecule has 3 aromatic carbocycles. The summed E-state index contributed by atoms with van der Waals surface area (Å²) in [7, 11) is 1.59. The minimum absolute atomic E-state index is 0.215. The van der Waals surface area contributed by atoms with Gasteiger partial charge in [0.2, 0.25) is 0 Å². The maximum absolute atomic E-state index is 13.8. The van der Waals surface area contributed by atoms with Crippen molar-refractivity contribution in [2.24, 2.45) is 0 Å². The fourth-order valence-electron chi connectivity index (χ4n) is 3.83. The number of nitrogens with one attached hydrogen (secondary N) is 1. The van der Waals surface area contributed by atoms with Crippen molar-refractivity contribution in [1.82, 2.24) is 14.5 Å². The normalized spacial score (nSPS) is 10.8. The van der Waals surface area contributed by atoms with Crippen LogP contribution in [-0.2, 0) is 4.74 Å². The Kier molecular flexibility index (Phi) is 6.46. The first kappa shape index (κ1) is 23.3. The molecule has 0 radical (unpaired) electrons. The Labute approximate surface area is 210 Å². The van der Waals surface area contributed by atoms with Gasteiger partial charge >= 0.3 is 6.09 Å². The maximum Gasteiger partial charge on any atom is 0.413 e. The second kappa shape index (κ2) is 10.0. The van der Waals surface area contributed by atoms with Gasteiger partial charge in [0.15, 0.2) is 11.0 Å². The van der Waals surface area contributed by atoms with E-state index in [-0.39, 0.29) is 12.2 Å². The topological polar surface area (TPSA) is 95.3 Å². The van der Waals surface area contributed by atoms with Crippen LogP contribution in [0.2, 0.25) is 0 Å². The molecule has 2 heterocycles. The van der Waals surface area contributed by atoms with Gasteiger partial charge in [-0.15, -0.1) is 0 Å². The van der Waals surface area contributed by atoms with Crippen LogP contribution in [-0.4, -0.2) is 34.3 Å². The molecule has 0 spiro atoms. The Morgan fingerprint density at radius 3 is 2.42 bits per heavy atom. The lowest BCUT2D eigenvalue weighted by atomic mass is 10.1. The van der Waals surface area contributed by atoms with E-state index in [0.717, 1.165) is 5.56 Å². The summed E-state index contributed by atoms with van der Waals surface area (Å²) in [5.41, 5.74) is 2.39. The Morgan fingerprint density at radius 2 is 1.69 bits per heavy atom. The third-order valence-corrected chi connectivity index (χ3v) is 6.43. The SMILES string of the molecule is CCOC(=O)Nc1nc(-c2ccccc2)c(-c2nc3ccccc3c(=O)n2-c2ccc(OC)cc2)s1. The molecule has 5 aromatic rings. The number of anilines is 1. The number of hydrogen-bond acceptors (Lipinski definition) is 7. The van der Waals surface area contributed by atoms with Gasteiger partial charge in [-0.2, -0.15) is 0 Å². The number of carbonyl (C=O) groups excluding carboxylic acids is 1. The van der Waals surface area contributed by atoms with E-state index in [1.807, 2.05) is 42.5 Å². The van der Waals surface area contributed by atoms with Crippen molar-refractivity contribution >= 4 is 33.5 Å². The zero-order chi connectivity index (χ0) is 25.1. The highest BCUT2D eigenvalue weighted by Crippen LogP contribution is 2.39. The van der Waals surface area contributed by atoms with Crippen LogP contribution in [0.4, 0.5) is 9.93 Å². The van der Waals surface area contributed by atoms with E-state index in [2.05, 4.69) is 10.3 Å². The zero-order valence-corrected chi connectivity index (χ0v) is 20.4. The van der Waals surface area contributed by atoms with Crippen LogP contribution in [0.1, 0.15) is 6.92 Å². The average molecular weight is 499 g/mol. The predicted molar refractivity (Wildman–Crippen MR) is 141 cm³/mol. The van der Waals surface area contributed by atoms with Gasteiger partial charge in [-0.05, 0) is 43.3 Å². The molecule has 0 unspecified atom stereocenters. The Hall–Kier alpha value is -4.50. The first-order valence-electron chi connectivity index (χ1n) is 11.3. The number of benzene rings is 3. The molecule has 0 atom stereocenters. The molecular formula is C27H22N4O4S. The number of para-hydroxylation sites is 1. The second-order valence-electron chi connectivity index (χ2n) is 7.70. The molecule has 0 fully saturated rings. The third kappa shape index (κ3) is 4.44. The number of rotatable bonds is 6. The van der Waals surface area contributed by atoms with Crippen LogP contribution in [0.3, 0.4) is 0 Å². The van der Waals surface area contributed by atoms with Gasteiger partial charge in [0.25, 0.3) is 5.56 Å². The van der Waals surface area contributed by atoms with Crippen LogP contribution in [0.25, 0.3) is 38.5 Å². The summed E-state index contributed by atoms with van der Waals surface area (Å²) in [5.74, 6) is 1.09. The average Bonchev–Trinajstić information content (AvgIpc) is 3.33. The molecule has 9 heteroatoms. The monoisotopic (exact) mass is 498 g/mol. The minimum atomic E-state index is -0.601. The van der Waals surface area contributed by atoms with Crippen LogP contribution in [0.15, 0.2) is 83.7 Å². The highest BCUT2D eigenvalue weighted by atomic mass is 32.1. The standard InChI is InChI=1S/C27H22N4O4S/c1-3-35-27(33)30-26-29-22(17-9-5-4-6-10-17)23(36-26)24-28-21-12-8-7-11-20(21)25(32)31(24)18-13-15-19(34-2)16-14-18/h4-16H,3H2,1-2H3,(H,29,30,33). The fourth-order valence-corrected chi connectivity index (χ4v) is 4.78. The molecule has 0 saturated heterocycles. The van der Waals surface area contributed by atoms with Gasteiger partial charge in [-0.1, -0.05) is 53.8 Å². The van der Waals surface area contributed by atoms with E-state index < -0.39 is 6.09 Å². The van der Waals surface area contributed by atoms with Crippen LogP contribution < -0.4 is 15.6 Å². The number of amides is 1. The van der Waals surface area contributed by atoms with E-state index in [1.165, 1.54) is 11.3 Å². The first-order chi connectivity index (χ1) is 17.6. The summed E-state index contributed by atoms with van der Waals surface area (Å²) < 4.78 is 11.9. The van der Waals surface area contributed by atoms with Crippen molar-refractivity contribution in [2.75, 3.05) is 19.0 Å². The Morgan fingerprint density at radius 1 is 0.972 bits per heavy atom. The molecule has 0 saturated carbocycles. The number of ether oxygens (including phenoxy) is 2. The Bertz CT molecular complexity index is 1590. The molecule has 0 aliphatic rings. The van der Waals surface area contributed by atoms with Gasteiger partial charge in [0, 0.05) is 5.56 Å². The molecule has 2 aromatic heterocycles. The number of nitrogens with zero attached hydrogens (tertiary/aromatic N) is 3. The highest BCUT2D eigenvalue weighted by Gasteiger charge is 2.23. The number of fused-ring (bicyclic) bond motifs is 1. The maximum atomic E-state index is 13.8. The fraction of sp³-hybridized carbons (Fsp3) is 0.111. The van der Waals surface area contributed by atoms with Crippen molar-refractivity contribution in [1.29, 1.82) is 0 Å². The molecule has 180 valence electrons. The summed E-state index contributed by atoms with van der Waals surface area (Å²) >= 11 is 1.23. The number of thiazole rings is 1. The van der Waals surface area contributed by atoms with E-state index in [4.69, 9.17) is 14.5 Å². The molecule has 0 bridgehead atoms. The van der Waals surface area contributed by atoms with Crippen molar-refractivity contribution in [2.45, 2.75) is 6.92 Å². The lowest BCUT2D eigenvalue weighted by Gasteiger charge is -2.14. The minimum Gasteiger partial charge on any atom is -0.497 e. The van der Waals surface area contributed by atoms with Gasteiger partial charge < -0.3 is 9.47 Å². The third-order valence-electron chi connectivity index (χ3n) is 5.47.